The summed E-state index contributed by atoms with van der Waals surface area (Å²) in [5, 5.41) is 18.8. The number of nitrogens with one attached hydrogen (secondary N) is 3. The number of ether oxygens (including phenoxy) is 3. The van der Waals surface area contributed by atoms with Crippen LogP contribution in [-0.4, -0.2) is 66.1 Å². The molecule has 12 heteroatoms. The van der Waals surface area contributed by atoms with Crippen LogP contribution in [0, 0.1) is 24.3 Å². The van der Waals surface area contributed by atoms with Crippen LogP contribution >= 0.6 is 0 Å². The van der Waals surface area contributed by atoms with Gasteiger partial charge in [-0.25, -0.2) is 4.98 Å². The van der Waals surface area contributed by atoms with E-state index in [1.807, 2.05) is 50.2 Å². The van der Waals surface area contributed by atoms with E-state index in [4.69, 9.17) is 14.2 Å². The summed E-state index contributed by atoms with van der Waals surface area (Å²) in [4.78, 5) is 15.7. The summed E-state index contributed by atoms with van der Waals surface area (Å²) in [6, 6.07) is 13.4. The predicted molar refractivity (Wildman–Crippen MR) is 138 cm³/mol. The lowest BCUT2D eigenvalue weighted by Gasteiger charge is -2.13. The number of pyridine rings is 1. The molecule has 196 valence electrons. The maximum absolute atomic E-state index is 13.6. The molecule has 1 aromatic carbocycles. The first kappa shape index (κ1) is 27.5. The number of anilines is 4. The van der Waals surface area contributed by atoms with Crippen LogP contribution in [0.2, 0.25) is 0 Å². The quantitative estimate of drug-likeness (QED) is 0.243. The van der Waals surface area contributed by atoms with Gasteiger partial charge in [0, 0.05) is 32.0 Å². The fourth-order valence-electron chi connectivity index (χ4n) is 3.19. The van der Waals surface area contributed by atoms with Crippen LogP contribution in [0.5, 0.6) is 6.01 Å². The van der Waals surface area contributed by atoms with Gasteiger partial charge in [0.15, 0.2) is 5.82 Å². The summed E-state index contributed by atoms with van der Waals surface area (Å²) in [5.74, 6) is 1.21. The van der Waals surface area contributed by atoms with Crippen LogP contribution in [0.25, 0.3) is 0 Å². The third kappa shape index (κ3) is 9.47. The average molecular weight is 511 g/mol. The number of hydrogen-bond donors (Lipinski definition) is 3. The van der Waals surface area contributed by atoms with Crippen molar-refractivity contribution in [3.8, 4) is 12.1 Å². The van der Waals surface area contributed by atoms with Gasteiger partial charge in [-0.2, -0.15) is 19.6 Å². The summed E-state index contributed by atoms with van der Waals surface area (Å²) >= 11 is 0. The maximum atomic E-state index is 13.6. The van der Waals surface area contributed by atoms with E-state index in [-0.39, 0.29) is 25.2 Å². The fourth-order valence-corrected chi connectivity index (χ4v) is 3.19. The van der Waals surface area contributed by atoms with Crippen molar-refractivity contribution in [3.05, 3.63) is 53.6 Å². The van der Waals surface area contributed by atoms with Crippen LogP contribution in [0.3, 0.4) is 0 Å². The normalized spacial score (nSPS) is 10.5. The van der Waals surface area contributed by atoms with E-state index < -0.39 is 6.08 Å². The highest BCUT2D eigenvalue weighted by atomic mass is 19.1. The van der Waals surface area contributed by atoms with E-state index >= 15 is 0 Å². The molecule has 0 aliphatic heterocycles. The minimum absolute atomic E-state index is 0.107. The molecule has 0 saturated carbocycles. The molecule has 0 amide bonds. The van der Waals surface area contributed by atoms with Gasteiger partial charge in [0.1, 0.15) is 18.5 Å². The molecule has 0 aliphatic carbocycles. The topological polar surface area (TPSA) is 139 Å². The van der Waals surface area contributed by atoms with Crippen molar-refractivity contribution >= 4 is 23.3 Å². The standard InChI is InChI=1S/C25H31FN8O3/c1-3-35-12-7-10-29-24-32-23(26)33-25(34-24)37-15-14-36-13-11-28-21-16-18(2)20(17-27)22(31-21)30-19-8-5-4-6-9-19/h4-6,8-9,16H,3,7,10-15H2,1-2H3,(H2,28,30,31)(H,29,32,33,34). The summed E-state index contributed by atoms with van der Waals surface area (Å²) in [7, 11) is 0. The van der Waals surface area contributed by atoms with Crippen molar-refractivity contribution in [2.24, 2.45) is 0 Å². The molecule has 3 rings (SSSR count). The highest BCUT2D eigenvalue weighted by Gasteiger charge is 2.11. The first-order chi connectivity index (χ1) is 18.1. The Morgan fingerprint density at radius 3 is 2.57 bits per heavy atom. The number of benzene rings is 1. The van der Waals surface area contributed by atoms with Crippen molar-refractivity contribution < 1.29 is 18.6 Å². The van der Waals surface area contributed by atoms with Crippen molar-refractivity contribution in [1.29, 1.82) is 5.26 Å². The Bertz CT molecular complexity index is 1160. The highest BCUT2D eigenvalue weighted by Crippen LogP contribution is 2.23. The summed E-state index contributed by atoms with van der Waals surface area (Å²) < 4.78 is 29.8. The molecule has 0 fully saturated rings. The zero-order chi connectivity index (χ0) is 26.3. The van der Waals surface area contributed by atoms with E-state index in [0.29, 0.717) is 50.1 Å². The van der Waals surface area contributed by atoms with E-state index in [1.54, 1.807) is 0 Å². The molecule has 0 saturated heterocycles. The molecule has 0 bridgehead atoms. The molecule has 3 N–H and O–H groups in total. The lowest BCUT2D eigenvalue weighted by Crippen LogP contribution is -2.16. The zero-order valence-corrected chi connectivity index (χ0v) is 21.0. The number of hydrogen-bond acceptors (Lipinski definition) is 11. The second-order valence-corrected chi connectivity index (χ2v) is 7.73. The Labute approximate surface area is 215 Å². The highest BCUT2D eigenvalue weighted by molar-refractivity contribution is 5.67. The van der Waals surface area contributed by atoms with Crippen LogP contribution in [0.1, 0.15) is 24.5 Å². The zero-order valence-electron chi connectivity index (χ0n) is 21.0. The number of nitriles is 1. The lowest BCUT2D eigenvalue weighted by molar-refractivity contribution is 0.103. The number of nitrogens with zero attached hydrogens (tertiary/aromatic N) is 5. The summed E-state index contributed by atoms with van der Waals surface area (Å²) in [6.45, 7) is 6.83. The summed E-state index contributed by atoms with van der Waals surface area (Å²) in [5.41, 5.74) is 2.14. The second-order valence-electron chi connectivity index (χ2n) is 7.73. The summed E-state index contributed by atoms with van der Waals surface area (Å²) in [6.07, 6.45) is -0.185. The molecule has 0 unspecified atom stereocenters. The third-order valence-electron chi connectivity index (χ3n) is 4.92. The van der Waals surface area contributed by atoms with Crippen LogP contribution in [0.15, 0.2) is 36.4 Å². The molecule has 0 atom stereocenters. The number of rotatable bonds is 16. The Balaban J connectivity index is 1.39. The van der Waals surface area contributed by atoms with Gasteiger partial charge in [-0.05, 0) is 44.0 Å². The Hall–Kier alpha value is -4.08. The van der Waals surface area contributed by atoms with Gasteiger partial charge < -0.3 is 30.2 Å². The van der Waals surface area contributed by atoms with Crippen LogP contribution in [0.4, 0.5) is 27.7 Å². The van der Waals surface area contributed by atoms with Gasteiger partial charge in [0.05, 0.1) is 18.8 Å². The number of aryl methyl sites for hydroxylation is 1. The van der Waals surface area contributed by atoms with Gasteiger partial charge in [0.25, 0.3) is 0 Å². The minimum atomic E-state index is -0.922. The molecule has 0 aliphatic rings. The monoisotopic (exact) mass is 510 g/mol. The molecule has 2 heterocycles. The Morgan fingerprint density at radius 2 is 1.78 bits per heavy atom. The fraction of sp³-hybridized carbons (Fsp3) is 0.400. The van der Waals surface area contributed by atoms with Gasteiger partial charge in [-0.15, -0.1) is 4.98 Å². The molecule has 0 spiro atoms. The predicted octanol–water partition coefficient (Wildman–Crippen LogP) is 3.68. The Morgan fingerprint density at radius 1 is 0.946 bits per heavy atom. The Kier molecular flexibility index (Phi) is 11.2. The average Bonchev–Trinajstić information content (AvgIpc) is 2.88. The SMILES string of the molecule is CCOCCCNc1nc(F)nc(OCCOCCNc2cc(C)c(C#N)c(Nc3ccccc3)n2)n1. The van der Waals surface area contributed by atoms with Crippen molar-refractivity contribution in [1.82, 2.24) is 19.9 Å². The van der Waals surface area contributed by atoms with E-state index in [9.17, 15) is 9.65 Å². The largest absolute Gasteiger partial charge is 0.461 e. The number of para-hydroxylation sites is 1. The van der Waals surface area contributed by atoms with Crippen LogP contribution < -0.4 is 20.7 Å². The molecular weight excluding hydrogens is 479 g/mol. The van der Waals surface area contributed by atoms with Crippen molar-refractivity contribution in [3.63, 3.8) is 0 Å². The molecular formula is C25H31FN8O3. The third-order valence-corrected chi connectivity index (χ3v) is 4.92. The van der Waals surface area contributed by atoms with Crippen LogP contribution in [-0.2, 0) is 9.47 Å². The van der Waals surface area contributed by atoms with E-state index in [2.05, 4.69) is 42.0 Å². The first-order valence-electron chi connectivity index (χ1n) is 12.0. The van der Waals surface area contributed by atoms with Gasteiger partial charge in [0.2, 0.25) is 5.95 Å². The molecule has 0 radical (unpaired) electrons. The van der Waals surface area contributed by atoms with E-state index in [0.717, 1.165) is 17.7 Å². The second kappa shape index (κ2) is 15.1. The minimum Gasteiger partial charge on any atom is -0.461 e. The number of halogens is 1. The van der Waals surface area contributed by atoms with Gasteiger partial charge in [-0.3, -0.25) is 0 Å². The molecule has 2 aromatic heterocycles. The molecule has 37 heavy (non-hydrogen) atoms. The first-order valence-corrected chi connectivity index (χ1v) is 12.0. The van der Waals surface area contributed by atoms with Crippen molar-refractivity contribution in [2.45, 2.75) is 20.3 Å². The van der Waals surface area contributed by atoms with Gasteiger partial charge >= 0.3 is 12.1 Å². The molecule has 3 aromatic rings. The van der Waals surface area contributed by atoms with E-state index in [1.165, 1.54) is 0 Å². The maximum Gasteiger partial charge on any atom is 0.323 e. The van der Waals surface area contributed by atoms with Gasteiger partial charge in [-0.1, -0.05) is 18.2 Å². The number of aromatic nitrogens is 4. The molecule has 11 nitrogen and oxygen atoms in total. The van der Waals surface area contributed by atoms with Crippen molar-refractivity contribution in [2.75, 3.05) is 62.1 Å². The lowest BCUT2D eigenvalue weighted by atomic mass is 10.1. The smallest absolute Gasteiger partial charge is 0.323 e.